The normalized spacial score (nSPS) is 45.9. The Morgan fingerprint density at radius 2 is 2.11 bits per heavy atom. The van der Waals surface area contributed by atoms with E-state index in [2.05, 4.69) is 26.8 Å². The van der Waals surface area contributed by atoms with Gasteiger partial charge in [0.1, 0.15) is 0 Å². The number of esters is 1. The Morgan fingerprint density at radius 1 is 1.39 bits per heavy atom. The molecule has 0 aromatic heterocycles. The molecule has 3 heteroatoms. The number of carbonyl (C=O) groups is 1. The summed E-state index contributed by atoms with van der Waals surface area (Å²) in [6.45, 7) is 7.18. The zero-order valence-electron chi connectivity index (χ0n) is 11.4. The van der Waals surface area contributed by atoms with Crippen LogP contribution in [0.2, 0.25) is 0 Å². The molecule has 3 aliphatic rings. The minimum absolute atomic E-state index is 0.0818. The highest BCUT2D eigenvalue weighted by molar-refractivity contribution is 5.91. The molecule has 18 heavy (non-hydrogen) atoms. The molecule has 0 aromatic rings. The van der Waals surface area contributed by atoms with Crippen LogP contribution in [0.15, 0.2) is 11.6 Å². The first-order valence-electron chi connectivity index (χ1n) is 6.92. The maximum Gasteiger partial charge on any atom is 0.334 e. The Kier molecular flexibility index (Phi) is 2.44. The van der Waals surface area contributed by atoms with Crippen LogP contribution in [-0.4, -0.2) is 23.8 Å². The van der Waals surface area contributed by atoms with Crippen molar-refractivity contribution in [3.05, 3.63) is 11.6 Å². The lowest BCUT2D eigenvalue weighted by atomic mass is 9.48. The topological polar surface area (TPSA) is 46.5 Å². The van der Waals surface area contributed by atoms with Gasteiger partial charge in [-0.15, -0.1) is 0 Å². The second-order valence-electron chi connectivity index (χ2n) is 7.01. The van der Waals surface area contributed by atoms with Gasteiger partial charge in [-0.3, -0.25) is 0 Å². The molecule has 0 bridgehead atoms. The zero-order valence-corrected chi connectivity index (χ0v) is 11.4. The molecule has 1 heterocycles. The smallest absolute Gasteiger partial charge is 0.334 e. The summed E-state index contributed by atoms with van der Waals surface area (Å²) in [7, 11) is 0. The first-order chi connectivity index (χ1) is 8.37. The zero-order chi connectivity index (χ0) is 13.1. The van der Waals surface area contributed by atoms with E-state index in [1.165, 1.54) is 0 Å². The quantitative estimate of drug-likeness (QED) is 0.671. The van der Waals surface area contributed by atoms with Crippen molar-refractivity contribution < 1.29 is 14.6 Å². The summed E-state index contributed by atoms with van der Waals surface area (Å²) >= 11 is 0. The molecular weight excluding hydrogens is 228 g/mol. The largest absolute Gasteiger partial charge is 0.462 e. The molecule has 2 aliphatic carbocycles. The number of hydrogen-bond donors (Lipinski definition) is 1. The number of carbonyl (C=O) groups excluding carboxylic acids is 1. The monoisotopic (exact) mass is 250 g/mol. The number of hydrogen-bond acceptors (Lipinski definition) is 3. The second kappa shape index (κ2) is 3.60. The van der Waals surface area contributed by atoms with Crippen LogP contribution in [0.3, 0.4) is 0 Å². The third kappa shape index (κ3) is 1.37. The molecule has 4 atom stereocenters. The molecule has 1 N–H and O–H groups in total. The summed E-state index contributed by atoms with van der Waals surface area (Å²) in [6, 6.07) is 0. The molecule has 3 rings (SSSR count). The number of fused-ring (bicyclic) bond motifs is 3. The van der Waals surface area contributed by atoms with Crippen LogP contribution in [0, 0.1) is 22.7 Å². The summed E-state index contributed by atoms with van der Waals surface area (Å²) in [6.07, 6.45) is 4.52. The number of ether oxygens (including phenoxy) is 1. The standard InChI is InChI=1S/C15H22O3/c1-14(2)7-6-12(16)15(3)10-8-18-13(17)9(10)4-5-11(14)15/h4,10-12,16H,5-8H2,1-3H3/t10-,11-,12+,15+/m0/s1. The summed E-state index contributed by atoms with van der Waals surface area (Å²) in [5, 5.41) is 10.5. The van der Waals surface area contributed by atoms with E-state index in [-0.39, 0.29) is 28.8 Å². The summed E-state index contributed by atoms with van der Waals surface area (Å²) < 4.78 is 5.21. The number of aliphatic hydroxyl groups excluding tert-OH is 1. The van der Waals surface area contributed by atoms with E-state index in [0.29, 0.717) is 12.5 Å². The van der Waals surface area contributed by atoms with Crippen molar-refractivity contribution >= 4 is 5.97 Å². The van der Waals surface area contributed by atoms with Gasteiger partial charge in [0.25, 0.3) is 0 Å². The molecule has 0 unspecified atom stereocenters. The summed E-state index contributed by atoms with van der Waals surface area (Å²) in [5.41, 5.74) is 0.824. The van der Waals surface area contributed by atoms with Crippen molar-refractivity contribution in [2.75, 3.05) is 6.61 Å². The van der Waals surface area contributed by atoms with Gasteiger partial charge >= 0.3 is 5.97 Å². The van der Waals surface area contributed by atoms with Gasteiger partial charge in [0.15, 0.2) is 0 Å². The molecule has 3 nitrogen and oxygen atoms in total. The van der Waals surface area contributed by atoms with Crippen LogP contribution in [-0.2, 0) is 9.53 Å². The van der Waals surface area contributed by atoms with E-state index < -0.39 is 0 Å². The molecule has 0 amide bonds. The highest BCUT2D eigenvalue weighted by atomic mass is 16.5. The van der Waals surface area contributed by atoms with Gasteiger partial charge in [-0.05, 0) is 30.6 Å². The van der Waals surface area contributed by atoms with E-state index in [0.717, 1.165) is 24.8 Å². The average molecular weight is 250 g/mol. The molecule has 1 saturated heterocycles. The van der Waals surface area contributed by atoms with Crippen molar-refractivity contribution in [3.8, 4) is 0 Å². The Labute approximate surface area is 108 Å². The van der Waals surface area contributed by atoms with Crippen LogP contribution in [0.25, 0.3) is 0 Å². The van der Waals surface area contributed by atoms with Crippen molar-refractivity contribution in [1.29, 1.82) is 0 Å². The van der Waals surface area contributed by atoms with E-state index >= 15 is 0 Å². The van der Waals surface area contributed by atoms with Gasteiger partial charge in [0.05, 0.1) is 12.7 Å². The van der Waals surface area contributed by atoms with Crippen LogP contribution < -0.4 is 0 Å². The molecule has 0 aromatic carbocycles. The maximum absolute atomic E-state index is 11.7. The highest BCUT2D eigenvalue weighted by Crippen LogP contribution is 2.60. The number of cyclic esters (lactones) is 1. The first-order valence-corrected chi connectivity index (χ1v) is 6.92. The van der Waals surface area contributed by atoms with Crippen LogP contribution in [0.1, 0.15) is 40.0 Å². The molecule has 0 spiro atoms. The Hall–Kier alpha value is -0.830. The van der Waals surface area contributed by atoms with Gasteiger partial charge in [-0.1, -0.05) is 26.8 Å². The molecule has 2 fully saturated rings. The lowest BCUT2D eigenvalue weighted by Gasteiger charge is -2.57. The fraction of sp³-hybridized carbons (Fsp3) is 0.800. The minimum Gasteiger partial charge on any atom is -0.462 e. The lowest BCUT2D eigenvalue weighted by Crippen LogP contribution is -2.56. The van der Waals surface area contributed by atoms with Gasteiger partial charge in [-0.2, -0.15) is 0 Å². The maximum atomic E-state index is 11.7. The number of aliphatic hydroxyl groups is 1. The molecular formula is C15H22O3. The van der Waals surface area contributed by atoms with Crippen LogP contribution >= 0.6 is 0 Å². The molecule has 1 saturated carbocycles. The first kappa shape index (κ1) is 12.2. The highest BCUT2D eigenvalue weighted by Gasteiger charge is 2.59. The van der Waals surface area contributed by atoms with Gasteiger partial charge in [0, 0.05) is 16.9 Å². The fourth-order valence-electron chi connectivity index (χ4n) is 4.58. The van der Waals surface area contributed by atoms with Gasteiger partial charge < -0.3 is 9.84 Å². The van der Waals surface area contributed by atoms with Crippen LogP contribution in [0.5, 0.6) is 0 Å². The van der Waals surface area contributed by atoms with E-state index in [9.17, 15) is 9.90 Å². The predicted octanol–water partition coefficient (Wildman–Crippen LogP) is 2.29. The molecule has 0 radical (unpaired) electrons. The van der Waals surface area contributed by atoms with Crippen molar-refractivity contribution in [3.63, 3.8) is 0 Å². The third-order valence-corrected chi connectivity index (χ3v) is 5.79. The lowest BCUT2D eigenvalue weighted by molar-refractivity contribution is -0.136. The van der Waals surface area contributed by atoms with E-state index in [1.54, 1.807) is 0 Å². The second-order valence-corrected chi connectivity index (χ2v) is 7.01. The summed E-state index contributed by atoms with van der Waals surface area (Å²) in [4.78, 5) is 11.7. The van der Waals surface area contributed by atoms with Crippen molar-refractivity contribution in [2.45, 2.75) is 46.1 Å². The van der Waals surface area contributed by atoms with Crippen LogP contribution in [0.4, 0.5) is 0 Å². The number of allylic oxidation sites excluding steroid dienone is 1. The van der Waals surface area contributed by atoms with Gasteiger partial charge in [-0.25, -0.2) is 4.79 Å². The van der Waals surface area contributed by atoms with Crippen molar-refractivity contribution in [2.24, 2.45) is 22.7 Å². The van der Waals surface area contributed by atoms with E-state index in [4.69, 9.17) is 4.74 Å². The average Bonchev–Trinajstić information content (AvgIpc) is 2.68. The Bertz CT molecular complexity index is 423. The number of rotatable bonds is 0. The SMILES string of the molecule is CC1(C)CC[C@@H](O)[C@]2(C)[C@H]3COC(=O)C3=CC[C@@H]12. The molecule has 1 aliphatic heterocycles. The Balaban J connectivity index is 2.08. The Morgan fingerprint density at radius 3 is 2.83 bits per heavy atom. The van der Waals surface area contributed by atoms with E-state index in [1.807, 2.05) is 0 Å². The van der Waals surface area contributed by atoms with Gasteiger partial charge in [0.2, 0.25) is 0 Å². The minimum atomic E-state index is -0.321. The van der Waals surface area contributed by atoms with Crippen molar-refractivity contribution in [1.82, 2.24) is 0 Å². The molecule has 100 valence electrons. The predicted molar refractivity (Wildman–Crippen MR) is 67.8 cm³/mol. The summed E-state index contributed by atoms with van der Waals surface area (Å²) in [5.74, 6) is 0.338. The fourth-order valence-corrected chi connectivity index (χ4v) is 4.58. The third-order valence-electron chi connectivity index (χ3n) is 5.79.